The Morgan fingerprint density at radius 3 is 2.57 bits per heavy atom. The average molecular weight is 304 g/mol. The lowest BCUT2D eigenvalue weighted by atomic mass is 10.0. The van der Waals surface area contributed by atoms with Gasteiger partial charge in [-0.05, 0) is 43.2 Å². The smallest absolute Gasteiger partial charge is 0.228 e. The van der Waals surface area contributed by atoms with Crippen LogP contribution < -0.4 is 10.1 Å². The quantitative estimate of drug-likeness (QED) is 0.921. The lowest BCUT2D eigenvalue weighted by Gasteiger charge is -2.10. The van der Waals surface area contributed by atoms with Crippen molar-refractivity contribution in [3.05, 3.63) is 58.1 Å². The maximum Gasteiger partial charge on any atom is 0.228 e. The number of amides is 1. The molecule has 0 aliphatic heterocycles. The van der Waals surface area contributed by atoms with Crippen LogP contribution >= 0.6 is 11.6 Å². The average Bonchev–Trinajstić information content (AvgIpc) is 2.42. The molecule has 0 atom stereocenters. The normalized spacial score (nSPS) is 10.3. The van der Waals surface area contributed by atoms with E-state index in [2.05, 4.69) is 11.4 Å². The van der Waals surface area contributed by atoms with Gasteiger partial charge in [0.1, 0.15) is 5.75 Å². The molecule has 0 unspecified atom stereocenters. The van der Waals surface area contributed by atoms with Crippen molar-refractivity contribution in [2.45, 2.75) is 20.3 Å². The third-order valence-corrected chi connectivity index (χ3v) is 3.58. The largest absolute Gasteiger partial charge is 0.495 e. The lowest BCUT2D eigenvalue weighted by molar-refractivity contribution is -0.115. The fourth-order valence-corrected chi connectivity index (χ4v) is 2.42. The van der Waals surface area contributed by atoms with Crippen molar-refractivity contribution >= 4 is 23.2 Å². The van der Waals surface area contributed by atoms with E-state index < -0.39 is 0 Å². The summed E-state index contributed by atoms with van der Waals surface area (Å²) in [4.78, 5) is 12.1. The number of aryl methyl sites for hydroxylation is 2. The Bertz CT molecular complexity index is 668. The van der Waals surface area contributed by atoms with Gasteiger partial charge in [-0.2, -0.15) is 0 Å². The summed E-state index contributed by atoms with van der Waals surface area (Å²) in [6, 6.07) is 11.3. The van der Waals surface area contributed by atoms with Crippen LogP contribution in [-0.2, 0) is 11.2 Å². The molecule has 0 bridgehead atoms. The van der Waals surface area contributed by atoms with Crippen LogP contribution in [0.2, 0.25) is 5.02 Å². The molecule has 2 aromatic rings. The Morgan fingerprint density at radius 1 is 1.19 bits per heavy atom. The van der Waals surface area contributed by atoms with E-state index in [9.17, 15) is 4.79 Å². The van der Waals surface area contributed by atoms with E-state index in [-0.39, 0.29) is 5.91 Å². The number of benzene rings is 2. The van der Waals surface area contributed by atoms with Crippen molar-refractivity contribution in [2.24, 2.45) is 0 Å². The Labute approximate surface area is 129 Å². The van der Waals surface area contributed by atoms with E-state index in [1.54, 1.807) is 25.3 Å². The molecule has 0 radical (unpaired) electrons. The highest BCUT2D eigenvalue weighted by molar-refractivity contribution is 6.32. The summed E-state index contributed by atoms with van der Waals surface area (Å²) in [7, 11) is 1.56. The van der Waals surface area contributed by atoms with Crippen molar-refractivity contribution in [1.82, 2.24) is 0 Å². The Hall–Kier alpha value is -2.00. The van der Waals surface area contributed by atoms with E-state index >= 15 is 0 Å². The third-order valence-electron chi connectivity index (χ3n) is 3.28. The zero-order chi connectivity index (χ0) is 15.4. The zero-order valence-electron chi connectivity index (χ0n) is 12.4. The fraction of sp³-hybridized carbons (Fsp3) is 0.235. The minimum Gasteiger partial charge on any atom is -0.495 e. The van der Waals surface area contributed by atoms with E-state index in [4.69, 9.17) is 16.3 Å². The van der Waals surface area contributed by atoms with Gasteiger partial charge in [0.15, 0.2) is 0 Å². The van der Waals surface area contributed by atoms with Gasteiger partial charge in [-0.3, -0.25) is 4.79 Å². The molecule has 4 heteroatoms. The van der Waals surface area contributed by atoms with E-state index in [1.165, 1.54) is 5.56 Å². The maximum atomic E-state index is 12.1. The van der Waals surface area contributed by atoms with Gasteiger partial charge in [0.05, 0.1) is 18.6 Å². The molecule has 110 valence electrons. The van der Waals surface area contributed by atoms with Crippen molar-refractivity contribution in [3.63, 3.8) is 0 Å². The van der Waals surface area contributed by atoms with Gasteiger partial charge < -0.3 is 10.1 Å². The summed E-state index contributed by atoms with van der Waals surface area (Å²) < 4.78 is 5.08. The van der Waals surface area contributed by atoms with E-state index in [1.807, 2.05) is 26.0 Å². The second kappa shape index (κ2) is 6.64. The summed E-state index contributed by atoms with van der Waals surface area (Å²) in [5, 5.41) is 3.32. The molecule has 1 amide bonds. The standard InChI is InChI=1S/C17H18ClNO2/c1-11-4-5-13(12(2)8-11)9-17(20)19-14-6-7-16(21-3)15(18)10-14/h4-8,10H,9H2,1-3H3,(H,19,20). The SMILES string of the molecule is COc1ccc(NC(=O)Cc2ccc(C)cc2C)cc1Cl. The first kappa shape index (κ1) is 15.4. The lowest BCUT2D eigenvalue weighted by Crippen LogP contribution is -2.15. The number of carbonyl (C=O) groups excluding carboxylic acids is 1. The molecule has 0 aliphatic carbocycles. The number of methoxy groups -OCH3 is 1. The predicted octanol–water partition coefficient (Wildman–Crippen LogP) is 4.15. The summed E-state index contributed by atoms with van der Waals surface area (Å²) in [5.74, 6) is 0.521. The molecular weight excluding hydrogens is 286 g/mol. The van der Waals surface area contributed by atoms with E-state index in [0.29, 0.717) is 22.9 Å². The molecule has 0 saturated heterocycles. The number of ether oxygens (including phenoxy) is 1. The number of hydrogen-bond acceptors (Lipinski definition) is 2. The Balaban J connectivity index is 2.06. The molecule has 0 fully saturated rings. The first-order chi connectivity index (χ1) is 9.99. The Kier molecular flexibility index (Phi) is 4.86. The maximum absolute atomic E-state index is 12.1. The number of nitrogens with one attached hydrogen (secondary N) is 1. The topological polar surface area (TPSA) is 38.3 Å². The molecule has 3 nitrogen and oxygen atoms in total. The summed E-state index contributed by atoms with van der Waals surface area (Å²) in [5.41, 5.74) is 4.00. The van der Waals surface area contributed by atoms with Gasteiger partial charge in [0, 0.05) is 5.69 Å². The van der Waals surface area contributed by atoms with Crippen LogP contribution in [-0.4, -0.2) is 13.0 Å². The van der Waals surface area contributed by atoms with Crippen LogP contribution in [0.15, 0.2) is 36.4 Å². The molecule has 2 aromatic carbocycles. The van der Waals surface area contributed by atoms with Gasteiger partial charge in [0.25, 0.3) is 0 Å². The van der Waals surface area contributed by atoms with Crippen molar-refractivity contribution < 1.29 is 9.53 Å². The molecule has 2 rings (SSSR count). The minimum absolute atomic E-state index is 0.0665. The molecule has 0 heterocycles. The molecule has 0 spiro atoms. The first-order valence-electron chi connectivity index (χ1n) is 6.69. The number of anilines is 1. The highest BCUT2D eigenvalue weighted by atomic mass is 35.5. The first-order valence-corrected chi connectivity index (χ1v) is 7.07. The van der Waals surface area contributed by atoms with Crippen LogP contribution in [0.4, 0.5) is 5.69 Å². The molecule has 21 heavy (non-hydrogen) atoms. The molecular formula is C17H18ClNO2. The van der Waals surface area contributed by atoms with Crippen molar-refractivity contribution in [3.8, 4) is 5.75 Å². The van der Waals surface area contributed by atoms with Crippen LogP contribution in [0.5, 0.6) is 5.75 Å². The zero-order valence-corrected chi connectivity index (χ0v) is 13.1. The van der Waals surface area contributed by atoms with Crippen LogP contribution in [0.3, 0.4) is 0 Å². The third kappa shape index (κ3) is 3.99. The summed E-state index contributed by atoms with van der Waals surface area (Å²) >= 11 is 6.04. The highest BCUT2D eigenvalue weighted by Crippen LogP contribution is 2.27. The van der Waals surface area contributed by atoms with Crippen molar-refractivity contribution in [1.29, 1.82) is 0 Å². The number of rotatable bonds is 4. The van der Waals surface area contributed by atoms with Gasteiger partial charge in [-0.25, -0.2) is 0 Å². The minimum atomic E-state index is -0.0665. The van der Waals surface area contributed by atoms with Crippen LogP contribution in [0, 0.1) is 13.8 Å². The summed E-state index contributed by atoms with van der Waals surface area (Å²) in [6.07, 6.45) is 0.343. The monoisotopic (exact) mass is 303 g/mol. The van der Waals surface area contributed by atoms with Gasteiger partial charge >= 0.3 is 0 Å². The predicted molar refractivity (Wildman–Crippen MR) is 86.3 cm³/mol. The van der Waals surface area contributed by atoms with Crippen LogP contribution in [0.25, 0.3) is 0 Å². The van der Waals surface area contributed by atoms with Gasteiger partial charge in [0.2, 0.25) is 5.91 Å². The van der Waals surface area contributed by atoms with Crippen molar-refractivity contribution in [2.75, 3.05) is 12.4 Å². The molecule has 0 aliphatic rings. The molecule has 0 saturated carbocycles. The van der Waals surface area contributed by atoms with E-state index in [0.717, 1.165) is 11.1 Å². The molecule has 0 aromatic heterocycles. The van der Waals surface area contributed by atoms with Gasteiger partial charge in [-0.1, -0.05) is 35.4 Å². The molecule has 1 N–H and O–H groups in total. The fourth-order valence-electron chi connectivity index (χ4n) is 2.17. The summed E-state index contributed by atoms with van der Waals surface area (Å²) in [6.45, 7) is 4.05. The number of hydrogen-bond donors (Lipinski definition) is 1. The van der Waals surface area contributed by atoms with Gasteiger partial charge in [-0.15, -0.1) is 0 Å². The highest BCUT2D eigenvalue weighted by Gasteiger charge is 2.08. The number of halogens is 1. The second-order valence-electron chi connectivity index (χ2n) is 5.00. The number of carbonyl (C=O) groups is 1. The second-order valence-corrected chi connectivity index (χ2v) is 5.41. The Morgan fingerprint density at radius 2 is 1.95 bits per heavy atom. The van der Waals surface area contributed by atoms with Crippen LogP contribution in [0.1, 0.15) is 16.7 Å².